The third-order valence-electron chi connectivity index (χ3n) is 2.14. The minimum absolute atomic E-state index is 0.414. The van der Waals surface area contributed by atoms with Crippen LogP contribution >= 0.6 is 0 Å². The van der Waals surface area contributed by atoms with Crippen molar-refractivity contribution in [3.05, 3.63) is 12.2 Å². The zero-order valence-corrected chi connectivity index (χ0v) is 9.54. The molecule has 84 valence electrons. The number of ether oxygens (including phenoxy) is 1. The van der Waals surface area contributed by atoms with Gasteiger partial charge in [0.1, 0.15) is 0 Å². The van der Waals surface area contributed by atoms with Gasteiger partial charge in [0.2, 0.25) is 0 Å². The summed E-state index contributed by atoms with van der Waals surface area (Å²) in [5.74, 6) is 2.00. The Morgan fingerprint density at radius 2 is 2.20 bits per heavy atom. The van der Waals surface area contributed by atoms with E-state index in [1.807, 2.05) is 0 Å². The molecular weight excluding hydrogens is 192 g/mol. The maximum Gasteiger partial charge on any atom is 0.304 e. The van der Waals surface area contributed by atoms with E-state index in [0.717, 1.165) is 0 Å². The molecule has 0 fully saturated rings. The van der Waals surface area contributed by atoms with E-state index in [-0.39, 0.29) is 0 Å². The number of rotatable bonds is 5. The molecule has 0 amide bonds. The molecule has 2 atom stereocenters. The summed E-state index contributed by atoms with van der Waals surface area (Å²) in [6, 6.07) is 0. The molecule has 1 N–H and O–H groups in total. The summed E-state index contributed by atoms with van der Waals surface area (Å²) in [6.45, 7) is 8.34. The van der Waals surface area contributed by atoms with Crippen LogP contribution in [0.3, 0.4) is 0 Å². The number of terminal acetylenes is 1. The first-order chi connectivity index (χ1) is 6.80. The fourth-order valence-electron chi connectivity index (χ4n) is 1.13. The van der Waals surface area contributed by atoms with Crippen LogP contribution in [0.25, 0.3) is 0 Å². The molecule has 0 spiro atoms. The van der Waals surface area contributed by atoms with Gasteiger partial charge < -0.3 is 9.84 Å². The highest BCUT2D eigenvalue weighted by molar-refractivity contribution is 5.67. The Balaban J connectivity index is 4.28. The molecule has 0 bridgehead atoms. The maximum absolute atomic E-state index is 10.8. The highest BCUT2D eigenvalue weighted by Gasteiger charge is 2.25. The molecule has 2 unspecified atom stereocenters. The van der Waals surface area contributed by atoms with Crippen LogP contribution < -0.4 is 0 Å². The zero-order valence-electron chi connectivity index (χ0n) is 9.54. The second-order valence-corrected chi connectivity index (χ2v) is 3.87. The SMILES string of the molecule is C#CC(C)(CCC(O)C(=C)C)OC(C)=O. The van der Waals surface area contributed by atoms with Crippen molar-refractivity contribution < 1.29 is 14.6 Å². The van der Waals surface area contributed by atoms with Crippen molar-refractivity contribution in [2.24, 2.45) is 0 Å². The van der Waals surface area contributed by atoms with Gasteiger partial charge in [0.05, 0.1) is 6.10 Å². The van der Waals surface area contributed by atoms with E-state index in [0.29, 0.717) is 18.4 Å². The van der Waals surface area contributed by atoms with E-state index in [1.165, 1.54) is 6.92 Å². The Morgan fingerprint density at radius 3 is 2.53 bits per heavy atom. The van der Waals surface area contributed by atoms with Gasteiger partial charge in [-0.25, -0.2) is 0 Å². The number of hydrogen-bond donors (Lipinski definition) is 1. The highest BCUT2D eigenvalue weighted by atomic mass is 16.6. The first-order valence-corrected chi connectivity index (χ1v) is 4.81. The van der Waals surface area contributed by atoms with Crippen LogP contribution in [0, 0.1) is 12.3 Å². The van der Waals surface area contributed by atoms with Gasteiger partial charge in [-0.05, 0) is 20.3 Å². The third kappa shape index (κ3) is 5.24. The second kappa shape index (κ2) is 5.57. The molecule has 0 aliphatic carbocycles. The van der Waals surface area contributed by atoms with E-state index in [4.69, 9.17) is 11.2 Å². The molecule has 0 aromatic heterocycles. The van der Waals surface area contributed by atoms with E-state index in [9.17, 15) is 9.90 Å². The minimum atomic E-state index is -0.942. The molecule has 0 aromatic carbocycles. The molecule has 0 saturated heterocycles. The van der Waals surface area contributed by atoms with Crippen LogP contribution in [0.15, 0.2) is 12.2 Å². The topological polar surface area (TPSA) is 46.5 Å². The molecule has 0 rings (SSSR count). The van der Waals surface area contributed by atoms with Crippen LogP contribution in [0.5, 0.6) is 0 Å². The Morgan fingerprint density at radius 1 is 1.67 bits per heavy atom. The molecule has 3 nitrogen and oxygen atoms in total. The lowest BCUT2D eigenvalue weighted by Gasteiger charge is -2.24. The molecule has 0 heterocycles. The highest BCUT2D eigenvalue weighted by Crippen LogP contribution is 2.19. The van der Waals surface area contributed by atoms with Crippen LogP contribution in [-0.2, 0) is 9.53 Å². The Bertz CT molecular complexity index is 288. The van der Waals surface area contributed by atoms with Crippen molar-refractivity contribution in [3.63, 3.8) is 0 Å². The van der Waals surface area contributed by atoms with Crippen molar-refractivity contribution in [1.29, 1.82) is 0 Å². The summed E-state index contributed by atoms with van der Waals surface area (Å²) in [5, 5.41) is 9.51. The number of aliphatic hydroxyl groups excluding tert-OH is 1. The predicted molar refractivity (Wildman–Crippen MR) is 59.1 cm³/mol. The Labute approximate surface area is 91.1 Å². The van der Waals surface area contributed by atoms with Gasteiger partial charge in [0.25, 0.3) is 0 Å². The summed E-state index contributed by atoms with van der Waals surface area (Å²) in [7, 11) is 0. The zero-order chi connectivity index (χ0) is 12.1. The summed E-state index contributed by atoms with van der Waals surface area (Å²) in [5.41, 5.74) is -0.264. The lowest BCUT2D eigenvalue weighted by atomic mass is 9.96. The summed E-state index contributed by atoms with van der Waals surface area (Å²) < 4.78 is 5.00. The fourth-order valence-corrected chi connectivity index (χ4v) is 1.13. The van der Waals surface area contributed by atoms with Crippen LogP contribution in [0.2, 0.25) is 0 Å². The monoisotopic (exact) mass is 210 g/mol. The van der Waals surface area contributed by atoms with Gasteiger partial charge in [-0.1, -0.05) is 18.1 Å². The maximum atomic E-state index is 10.8. The van der Waals surface area contributed by atoms with E-state index < -0.39 is 17.7 Å². The molecule has 3 heteroatoms. The first kappa shape index (κ1) is 13.7. The molecule has 0 saturated carbocycles. The summed E-state index contributed by atoms with van der Waals surface area (Å²) >= 11 is 0. The normalized spacial score (nSPS) is 15.9. The number of carbonyl (C=O) groups is 1. The number of aliphatic hydroxyl groups is 1. The Kier molecular flexibility index (Phi) is 5.10. The molecule has 0 aliphatic heterocycles. The van der Waals surface area contributed by atoms with Crippen LogP contribution in [0.1, 0.15) is 33.6 Å². The van der Waals surface area contributed by atoms with E-state index in [2.05, 4.69) is 12.5 Å². The van der Waals surface area contributed by atoms with Crippen LogP contribution in [-0.4, -0.2) is 22.8 Å². The van der Waals surface area contributed by atoms with Crippen molar-refractivity contribution in [2.75, 3.05) is 0 Å². The quantitative estimate of drug-likeness (QED) is 0.426. The third-order valence-corrected chi connectivity index (χ3v) is 2.14. The largest absolute Gasteiger partial charge is 0.446 e. The van der Waals surface area contributed by atoms with Gasteiger partial charge in [-0.2, -0.15) is 0 Å². The van der Waals surface area contributed by atoms with Gasteiger partial charge in [0, 0.05) is 13.3 Å². The predicted octanol–water partition coefficient (Wildman–Crippen LogP) is 1.66. The summed E-state index contributed by atoms with van der Waals surface area (Å²) in [6.07, 6.45) is 5.53. The Hall–Kier alpha value is -1.27. The van der Waals surface area contributed by atoms with Gasteiger partial charge in [-0.15, -0.1) is 6.42 Å². The minimum Gasteiger partial charge on any atom is -0.446 e. The van der Waals surface area contributed by atoms with Gasteiger partial charge in [0.15, 0.2) is 5.60 Å². The number of esters is 1. The average Bonchev–Trinajstić information content (AvgIpc) is 2.13. The standard InChI is InChI=1S/C12H18O3/c1-6-12(5,15-10(4)13)8-7-11(14)9(2)3/h1,11,14H,2,7-8H2,3-5H3. The fraction of sp³-hybridized carbons (Fsp3) is 0.583. The number of hydrogen-bond acceptors (Lipinski definition) is 3. The number of carbonyl (C=O) groups excluding carboxylic acids is 1. The van der Waals surface area contributed by atoms with Gasteiger partial charge in [-0.3, -0.25) is 4.79 Å². The summed E-state index contributed by atoms with van der Waals surface area (Å²) in [4.78, 5) is 10.8. The molecule has 0 aliphatic rings. The lowest BCUT2D eigenvalue weighted by molar-refractivity contribution is -0.151. The van der Waals surface area contributed by atoms with Crippen LogP contribution in [0.4, 0.5) is 0 Å². The second-order valence-electron chi connectivity index (χ2n) is 3.87. The molecule has 0 radical (unpaired) electrons. The van der Waals surface area contributed by atoms with Crippen molar-refractivity contribution in [1.82, 2.24) is 0 Å². The molecule has 0 aromatic rings. The van der Waals surface area contributed by atoms with Crippen molar-refractivity contribution in [2.45, 2.75) is 45.3 Å². The smallest absolute Gasteiger partial charge is 0.304 e. The molecular formula is C12H18O3. The van der Waals surface area contributed by atoms with E-state index in [1.54, 1.807) is 13.8 Å². The van der Waals surface area contributed by atoms with E-state index >= 15 is 0 Å². The average molecular weight is 210 g/mol. The first-order valence-electron chi connectivity index (χ1n) is 4.81. The molecule has 15 heavy (non-hydrogen) atoms. The van der Waals surface area contributed by atoms with Crippen molar-refractivity contribution >= 4 is 5.97 Å². The van der Waals surface area contributed by atoms with Gasteiger partial charge >= 0.3 is 5.97 Å². The lowest BCUT2D eigenvalue weighted by Crippen LogP contribution is -2.30. The van der Waals surface area contributed by atoms with Crippen molar-refractivity contribution in [3.8, 4) is 12.3 Å².